The van der Waals surface area contributed by atoms with Crippen molar-refractivity contribution in [3.8, 4) is 17.1 Å². The minimum atomic E-state index is -0.0144. The molecule has 2 heterocycles. The van der Waals surface area contributed by atoms with Crippen molar-refractivity contribution >= 4 is 17.7 Å². The monoisotopic (exact) mass is 408 g/mol. The minimum absolute atomic E-state index is 0.0139. The largest absolute Gasteiger partial charge is 0.493 e. The highest BCUT2D eigenvalue weighted by molar-refractivity contribution is 7.99. The number of nitrogens with one attached hydrogen (secondary N) is 1. The molecular formula is C22H24N4O2S. The smallest absolute Gasteiger partial charge is 0.230 e. The van der Waals surface area contributed by atoms with E-state index in [-0.39, 0.29) is 11.9 Å². The van der Waals surface area contributed by atoms with Crippen molar-refractivity contribution in [2.75, 3.05) is 12.4 Å². The average molecular weight is 409 g/mol. The lowest BCUT2D eigenvalue weighted by atomic mass is 10.0. The van der Waals surface area contributed by atoms with Gasteiger partial charge in [0.2, 0.25) is 5.91 Å². The van der Waals surface area contributed by atoms with Gasteiger partial charge in [-0.15, -0.1) is 10.2 Å². The number of benzene rings is 2. The molecule has 1 N–H and O–H groups in total. The molecule has 2 aromatic carbocycles. The number of hydrogen-bond acceptors (Lipinski definition) is 5. The summed E-state index contributed by atoms with van der Waals surface area (Å²) in [5, 5.41) is 12.6. The van der Waals surface area contributed by atoms with Gasteiger partial charge < -0.3 is 14.6 Å². The first-order valence-electron chi connectivity index (χ1n) is 9.80. The molecular weight excluding hydrogens is 384 g/mol. The number of carbonyl (C=O) groups excluding carboxylic acids is 1. The molecule has 4 rings (SSSR count). The van der Waals surface area contributed by atoms with Gasteiger partial charge in [-0.2, -0.15) is 0 Å². The summed E-state index contributed by atoms with van der Waals surface area (Å²) in [5.74, 6) is 1.97. The van der Waals surface area contributed by atoms with Gasteiger partial charge in [0.25, 0.3) is 0 Å². The maximum atomic E-state index is 12.6. The number of fused-ring (bicyclic) bond motifs is 1. The van der Waals surface area contributed by atoms with Crippen molar-refractivity contribution in [3.05, 3.63) is 59.7 Å². The Bertz CT molecular complexity index is 1020. The molecule has 1 amide bonds. The molecule has 150 valence electrons. The van der Waals surface area contributed by atoms with Crippen LogP contribution in [0.15, 0.2) is 53.7 Å². The quantitative estimate of drug-likeness (QED) is 0.624. The van der Waals surface area contributed by atoms with Crippen LogP contribution in [0.3, 0.4) is 0 Å². The molecule has 7 heteroatoms. The van der Waals surface area contributed by atoms with Gasteiger partial charge in [-0.3, -0.25) is 4.79 Å². The van der Waals surface area contributed by atoms with E-state index in [2.05, 4.69) is 46.1 Å². The van der Waals surface area contributed by atoms with Crippen LogP contribution < -0.4 is 10.1 Å². The molecule has 6 nitrogen and oxygen atoms in total. The van der Waals surface area contributed by atoms with Crippen LogP contribution in [-0.2, 0) is 11.3 Å². The number of nitrogens with zero attached hydrogens (tertiary/aromatic N) is 3. The molecule has 29 heavy (non-hydrogen) atoms. The first-order valence-corrected chi connectivity index (χ1v) is 10.8. The van der Waals surface area contributed by atoms with E-state index in [4.69, 9.17) is 4.74 Å². The van der Waals surface area contributed by atoms with Gasteiger partial charge in [0.1, 0.15) is 5.75 Å². The molecule has 3 aromatic rings. The van der Waals surface area contributed by atoms with Gasteiger partial charge in [-0.1, -0.05) is 53.7 Å². The van der Waals surface area contributed by atoms with Crippen molar-refractivity contribution in [2.24, 2.45) is 0 Å². The number of ether oxygens (including phenoxy) is 1. The van der Waals surface area contributed by atoms with Gasteiger partial charge in [0.05, 0.1) is 18.4 Å². The zero-order valence-electron chi connectivity index (χ0n) is 16.6. The maximum absolute atomic E-state index is 12.6. The second kappa shape index (κ2) is 8.69. The summed E-state index contributed by atoms with van der Waals surface area (Å²) >= 11 is 1.42. The summed E-state index contributed by atoms with van der Waals surface area (Å²) < 4.78 is 7.72. The highest BCUT2D eigenvalue weighted by Gasteiger charge is 2.23. The topological polar surface area (TPSA) is 69.0 Å². The number of thioether (sulfide) groups is 1. The molecule has 1 aliphatic rings. The number of hydrogen-bond donors (Lipinski definition) is 1. The second-order valence-corrected chi connectivity index (χ2v) is 7.95. The summed E-state index contributed by atoms with van der Waals surface area (Å²) in [6.45, 7) is 5.48. The maximum Gasteiger partial charge on any atom is 0.230 e. The third-order valence-corrected chi connectivity index (χ3v) is 5.90. The molecule has 1 atom stereocenters. The average Bonchev–Trinajstić information content (AvgIpc) is 3.15. The minimum Gasteiger partial charge on any atom is -0.493 e. The SMILES string of the molecule is CCn1c(SCC(=O)N[C@@H]2CCOc3ccccc32)nnc1-c1cccc(C)c1. The fourth-order valence-corrected chi connectivity index (χ4v) is 4.35. The molecule has 0 saturated carbocycles. The Morgan fingerprint density at radius 2 is 2.10 bits per heavy atom. The van der Waals surface area contributed by atoms with Gasteiger partial charge in [-0.05, 0) is 26.0 Å². The second-order valence-electron chi connectivity index (χ2n) is 7.00. The predicted octanol–water partition coefficient (Wildman–Crippen LogP) is 4.01. The van der Waals surface area contributed by atoms with Gasteiger partial charge in [-0.25, -0.2) is 0 Å². The Labute approximate surface area is 174 Å². The van der Waals surface area contributed by atoms with Crippen LogP contribution in [0.4, 0.5) is 0 Å². The van der Waals surface area contributed by atoms with Crippen molar-refractivity contribution in [1.29, 1.82) is 0 Å². The molecule has 0 unspecified atom stereocenters. The molecule has 0 fully saturated rings. The van der Waals surface area contributed by atoms with E-state index in [0.717, 1.165) is 40.8 Å². The molecule has 0 saturated heterocycles. The van der Waals surface area contributed by atoms with E-state index < -0.39 is 0 Å². The van der Waals surface area contributed by atoms with Crippen LogP contribution in [0.2, 0.25) is 0 Å². The lowest BCUT2D eigenvalue weighted by molar-refractivity contribution is -0.119. The highest BCUT2D eigenvalue weighted by Crippen LogP contribution is 2.31. The molecule has 0 spiro atoms. The Morgan fingerprint density at radius 3 is 2.93 bits per heavy atom. The van der Waals surface area contributed by atoms with Gasteiger partial charge >= 0.3 is 0 Å². The van der Waals surface area contributed by atoms with E-state index in [1.165, 1.54) is 17.3 Å². The summed E-state index contributed by atoms with van der Waals surface area (Å²) in [6, 6.07) is 16.1. The zero-order valence-corrected chi connectivity index (χ0v) is 17.4. The Kier molecular flexibility index (Phi) is 5.85. The fourth-order valence-electron chi connectivity index (χ4n) is 3.54. The van der Waals surface area contributed by atoms with Crippen LogP contribution in [0.5, 0.6) is 5.75 Å². The highest BCUT2D eigenvalue weighted by atomic mass is 32.2. The molecule has 1 aliphatic heterocycles. The summed E-state index contributed by atoms with van der Waals surface area (Å²) in [4.78, 5) is 12.6. The van der Waals surface area contributed by atoms with Crippen molar-refractivity contribution < 1.29 is 9.53 Å². The number of aromatic nitrogens is 3. The van der Waals surface area contributed by atoms with E-state index >= 15 is 0 Å². The van der Waals surface area contributed by atoms with Crippen LogP contribution in [-0.4, -0.2) is 33.0 Å². The predicted molar refractivity (Wildman–Crippen MR) is 114 cm³/mol. The van der Waals surface area contributed by atoms with Crippen molar-refractivity contribution in [2.45, 2.75) is 38.0 Å². The lowest BCUT2D eigenvalue weighted by Crippen LogP contribution is -2.33. The molecule has 0 bridgehead atoms. The third kappa shape index (κ3) is 4.29. The standard InChI is InChI=1S/C22H24N4O2S/c1-3-26-21(16-8-6-7-15(2)13-16)24-25-22(26)29-14-20(27)23-18-11-12-28-19-10-5-4-9-17(18)19/h4-10,13,18H,3,11-12,14H2,1-2H3,(H,23,27)/t18-/m1/s1. The molecule has 1 aromatic heterocycles. The zero-order chi connectivity index (χ0) is 20.2. The van der Waals surface area contributed by atoms with Crippen LogP contribution in [0.1, 0.15) is 30.5 Å². The van der Waals surface area contributed by atoms with E-state index in [0.29, 0.717) is 12.4 Å². The summed E-state index contributed by atoms with van der Waals surface area (Å²) in [7, 11) is 0. The molecule has 0 aliphatic carbocycles. The van der Waals surface area contributed by atoms with E-state index in [1.807, 2.05) is 36.4 Å². The van der Waals surface area contributed by atoms with E-state index in [1.54, 1.807) is 0 Å². The van der Waals surface area contributed by atoms with Crippen molar-refractivity contribution in [3.63, 3.8) is 0 Å². The number of carbonyl (C=O) groups is 1. The van der Waals surface area contributed by atoms with Crippen LogP contribution in [0, 0.1) is 6.92 Å². The first kappa shape index (κ1) is 19.5. The summed E-state index contributed by atoms with van der Waals surface area (Å²) in [5.41, 5.74) is 3.25. The Balaban J connectivity index is 1.43. The van der Waals surface area contributed by atoms with Crippen molar-refractivity contribution in [1.82, 2.24) is 20.1 Å². The number of rotatable bonds is 6. The fraction of sp³-hybridized carbons (Fsp3) is 0.318. The number of amides is 1. The normalized spacial score (nSPS) is 15.4. The number of aryl methyl sites for hydroxylation is 1. The lowest BCUT2D eigenvalue weighted by Gasteiger charge is -2.26. The van der Waals surface area contributed by atoms with E-state index in [9.17, 15) is 4.79 Å². The number of para-hydroxylation sites is 1. The van der Waals surface area contributed by atoms with Gasteiger partial charge in [0, 0.05) is 24.1 Å². The van der Waals surface area contributed by atoms with Crippen LogP contribution in [0.25, 0.3) is 11.4 Å². The van der Waals surface area contributed by atoms with Crippen LogP contribution >= 0.6 is 11.8 Å². The first-order chi connectivity index (χ1) is 14.2. The summed E-state index contributed by atoms with van der Waals surface area (Å²) in [6.07, 6.45) is 0.774. The Morgan fingerprint density at radius 1 is 1.24 bits per heavy atom. The van der Waals surface area contributed by atoms with Gasteiger partial charge in [0.15, 0.2) is 11.0 Å². The third-order valence-electron chi connectivity index (χ3n) is 4.94. The Hall–Kier alpha value is -2.80. The molecule has 0 radical (unpaired) electrons.